The second kappa shape index (κ2) is 4.88. The van der Waals surface area contributed by atoms with Gasteiger partial charge < -0.3 is 5.32 Å². The first kappa shape index (κ1) is 12.5. The van der Waals surface area contributed by atoms with Gasteiger partial charge in [-0.3, -0.25) is 0 Å². The molecule has 0 fully saturated rings. The first-order valence-corrected chi connectivity index (χ1v) is 6.30. The monoisotopic (exact) mass is 271 g/mol. The molecule has 1 aromatic carbocycles. The molecule has 0 radical (unpaired) electrons. The van der Waals surface area contributed by atoms with Crippen molar-refractivity contribution in [2.24, 2.45) is 0 Å². The van der Waals surface area contributed by atoms with Crippen molar-refractivity contribution < 1.29 is 4.39 Å². The minimum Gasteiger partial charge on any atom is -0.366 e. The third kappa shape index (κ3) is 2.32. The van der Waals surface area contributed by atoms with Crippen molar-refractivity contribution in [3.63, 3.8) is 0 Å². The van der Waals surface area contributed by atoms with Gasteiger partial charge in [0.2, 0.25) is 0 Å². The van der Waals surface area contributed by atoms with Crippen molar-refractivity contribution in [1.82, 2.24) is 19.6 Å². The molecule has 2 aromatic heterocycles. The fourth-order valence-electron chi connectivity index (χ4n) is 2.07. The van der Waals surface area contributed by atoms with E-state index in [4.69, 9.17) is 0 Å². The van der Waals surface area contributed by atoms with E-state index in [1.807, 2.05) is 19.1 Å². The first-order chi connectivity index (χ1) is 9.63. The molecule has 0 aliphatic heterocycles. The van der Waals surface area contributed by atoms with E-state index in [2.05, 4.69) is 20.4 Å². The van der Waals surface area contributed by atoms with Crippen LogP contribution >= 0.6 is 0 Å². The standard InChI is InChI=1S/C14H14FN5/c1-9-5-11(3-4-12(9)15)7-16-13-6-10(2)19-14-17-8-18-20(13)14/h3-6,8,16H,7H2,1-2H3. The molecule has 3 rings (SSSR count). The topological polar surface area (TPSA) is 55.1 Å². The van der Waals surface area contributed by atoms with Crippen molar-refractivity contribution >= 4 is 11.6 Å². The number of nitrogens with zero attached hydrogens (tertiary/aromatic N) is 4. The maximum absolute atomic E-state index is 13.2. The van der Waals surface area contributed by atoms with Gasteiger partial charge >= 0.3 is 0 Å². The lowest BCUT2D eigenvalue weighted by Gasteiger charge is -2.09. The minimum absolute atomic E-state index is 0.188. The summed E-state index contributed by atoms with van der Waals surface area (Å²) in [5.41, 5.74) is 2.51. The number of hydrogen-bond acceptors (Lipinski definition) is 4. The van der Waals surface area contributed by atoms with Gasteiger partial charge in [0.05, 0.1) is 0 Å². The highest BCUT2D eigenvalue weighted by Gasteiger charge is 2.05. The predicted molar refractivity (Wildman–Crippen MR) is 74.0 cm³/mol. The van der Waals surface area contributed by atoms with Crippen LogP contribution in [-0.2, 0) is 6.54 Å². The summed E-state index contributed by atoms with van der Waals surface area (Å²) in [4.78, 5) is 8.35. The molecule has 6 heteroatoms. The number of anilines is 1. The highest BCUT2D eigenvalue weighted by atomic mass is 19.1. The van der Waals surface area contributed by atoms with Crippen LogP contribution in [0.2, 0.25) is 0 Å². The number of hydrogen-bond donors (Lipinski definition) is 1. The Balaban J connectivity index is 1.86. The average molecular weight is 271 g/mol. The molecule has 20 heavy (non-hydrogen) atoms. The van der Waals surface area contributed by atoms with E-state index in [-0.39, 0.29) is 5.82 Å². The quantitative estimate of drug-likeness (QED) is 0.795. The number of nitrogens with one attached hydrogen (secondary N) is 1. The second-order valence-corrected chi connectivity index (χ2v) is 4.69. The van der Waals surface area contributed by atoms with Gasteiger partial charge in [0.15, 0.2) is 0 Å². The van der Waals surface area contributed by atoms with Crippen molar-refractivity contribution in [3.05, 3.63) is 53.2 Å². The lowest BCUT2D eigenvalue weighted by molar-refractivity contribution is 0.617. The summed E-state index contributed by atoms with van der Waals surface area (Å²) in [7, 11) is 0. The van der Waals surface area contributed by atoms with E-state index in [0.29, 0.717) is 17.9 Å². The summed E-state index contributed by atoms with van der Waals surface area (Å²) in [5.74, 6) is 1.18. The van der Waals surface area contributed by atoms with Crippen molar-refractivity contribution in [3.8, 4) is 0 Å². The van der Waals surface area contributed by atoms with Gasteiger partial charge in [-0.1, -0.05) is 12.1 Å². The molecule has 0 aliphatic carbocycles. The number of aryl methyl sites for hydroxylation is 2. The summed E-state index contributed by atoms with van der Waals surface area (Å²) >= 11 is 0. The Morgan fingerprint density at radius 3 is 2.90 bits per heavy atom. The van der Waals surface area contributed by atoms with Gasteiger partial charge in [-0.2, -0.15) is 14.6 Å². The molecule has 3 aromatic rings. The Hall–Kier alpha value is -2.50. The van der Waals surface area contributed by atoms with E-state index in [0.717, 1.165) is 17.1 Å². The highest BCUT2D eigenvalue weighted by Crippen LogP contribution is 2.13. The number of rotatable bonds is 3. The zero-order valence-corrected chi connectivity index (χ0v) is 11.3. The number of benzene rings is 1. The van der Waals surface area contributed by atoms with Crippen LogP contribution in [0.4, 0.5) is 10.2 Å². The van der Waals surface area contributed by atoms with E-state index in [9.17, 15) is 4.39 Å². The zero-order chi connectivity index (χ0) is 14.1. The van der Waals surface area contributed by atoms with Crippen molar-refractivity contribution in [2.45, 2.75) is 20.4 Å². The molecule has 0 atom stereocenters. The third-order valence-corrected chi connectivity index (χ3v) is 3.08. The van der Waals surface area contributed by atoms with Crippen LogP contribution < -0.4 is 5.32 Å². The van der Waals surface area contributed by atoms with Crippen molar-refractivity contribution in [1.29, 1.82) is 0 Å². The Bertz CT molecular complexity index is 765. The summed E-state index contributed by atoms with van der Waals surface area (Å²) in [6, 6.07) is 6.98. The molecular formula is C14H14FN5. The molecule has 0 saturated carbocycles. The molecule has 0 spiro atoms. The van der Waals surface area contributed by atoms with Gasteiger partial charge in [0.25, 0.3) is 5.78 Å². The summed E-state index contributed by atoms with van der Waals surface area (Å²) in [5, 5.41) is 7.40. The Labute approximate surface area is 115 Å². The third-order valence-electron chi connectivity index (χ3n) is 3.08. The molecule has 5 nitrogen and oxygen atoms in total. The summed E-state index contributed by atoms with van der Waals surface area (Å²) in [6.45, 7) is 4.24. The van der Waals surface area contributed by atoms with Crippen LogP contribution in [0.3, 0.4) is 0 Å². The van der Waals surface area contributed by atoms with Crippen LogP contribution in [0.25, 0.3) is 5.78 Å². The number of aromatic nitrogens is 4. The van der Waals surface area contributed by atoms with Crippen LogP contribution in [0.5, 0.6) is 0 Å². The molecule has 0 amide bonds. The lowest BCUT2D eigenvalue weighted by Crippen LogP contribution is -2.07. The molecular weight excluding hydrogens is 257 g/mol. The summed E-state index contributed by atoms with van der Waals surface area (Å²) < 4.78 is 14.9. The fraction of sp³-hybridized carbons (Fsp3) is 0.214. The second-order valence-electron chi connectivity index (χ2n) is 4.69. The van der Waals surface area contributed by atoms with Crippen LogP contribution in [0, 0.1) is 19.7 Å². The molecule has 0 bridgehead atoms. The first-order valence-electron chi connectivity index (χ1n) is 6.30. The number of halogens is 1. The Morgan fingerprint density at radius 2 is 2.10 bits per heavy atom. The van der Waals surface area contributed by atoms with E-state index in [1.54, 1.807) is 17.5 Å². The summed E-state index contributed by atoms with van der Waals surface area (Å²) in [6.07, 6.45) is 1.47. The average Bonchev–Trinajstić information content (AvgIpc) is 2.88. The molecule has 0 unspecified atom stereocenters. The van der Waals surface area contributed by atoms with Gasteiger partial charge in [0, 0.05) is 18.3 Å². The molecule has 1 N–H and O–H groups in total. The molecule has 102 valence electrons. The van der Waals surface area contributed by atoms with Crippen LogP contribution in [0.1, 0.15) is 16.8 Å². The van der Waals surface area contributed by atoms with Crippen molar-refractivity contribution in [2.75, 3.05) is 5.32 Å². The molecule has 0 aliphatic rings. The number of fused-ring (bicyclic) bond motifs is 1. The maximum Gasteiger partial charge on any atom is 0.254 e. The lowest BCUT2D eigenvalue weighted by atomic mass is 10.1. The van der Waals surface area contributed by atoms with Crippen LogP contribution in [0.15, 0.2) is 30.6 Å². The van der Waals surface area contributed by atoms with Gasteiger partial charge in [-0.05, 0) is 31.0 Å². The SMILES string of the molecule is Cc1cc(NCc2ccc(F)c(C)c2)n2ncnc2n1. The van der Waals surface area contributed by atoms with E-state index in [1.165, 1.54) is 12.4 Å². The highest BCUT2D eigenvalue weighted by molar-refractivity contribution is 5.45. The van der Waals surface area contributed by atoms with Crippen LogP contribution in [-0.4, -0.2) is 19.6 Å². The Morgan fingerprint density at radius 1 is 1.25 bits per heavy atom. The van der Waals surface area contributed by atoms with Gasteiger partial charge in [0.1, 0.15) is 18.0 Å². The fourth-order valence-corrected chi connectivity index (χ4v) is 2.07. The van der Waals surface area contributed by atoms with Gasteiger partial charge in [-0.15, -0.1) is 0 Å². The maximum atomic E-state index is 13.2. The van der Waals surface area contributed by atoms with Gasteiger partial charge in [-0.25, -0.2) is 9.37 Å². The minimum atomic E-state index is -0.188. The zero-order valence-electron chi connectivity index (χ0n) is 11.3. The molecule has 0 saturated heterocycles. The normalized spacial score (nSPS) is 10.9. The largest absolute Gasteiger partial charge is 0.366 e. The van der Waals surface area contributed by atoms with E-state index < -0.39 is 0 Å². The van der Waals surface area contributed by atoms with E-state index >= 15 is 0 Å². The Kier molecular flexibility index (Phi) is 3.06. The predicted octanol–water partition coefficient (Wildman–Crippen LogP) is 2.49. The molecule has 2 heterocycles. The smallest absolute Gasteiger partial charge is 0.254 e.